The fourth-order valence-electron chi connectivity index (χ4n) is 2.08. The van der Waals surface area contributed by atoms with E-state index < -0.39 is 0 Å². The molecule has 0 saturated heterocycles. The molecule has 0 aliphatic rings. The largest absolute Gasteiger partial charge is 0.465 e. The molecule has 0 aliphatic carbocycles. The van der Waals surface area contributed by atoms with Gasteiger partial charge in [0.2, 0.25) is 0 Å². The van der Waals surface area contributed by atoms with Gasteiger partial charge in [0, 0.05) is 5.69 Å². The Hall–Kier alpha value is -3.37. The minimum Gasteiger partial charge on any atom is -0.465 e. The lowest BCUT2D eigenvalue weighted by Crippen LogP contribution is -2.03. The van der Waals surface area contributed by atoms with E-state index in [9.17, 15) is 9.59 Å². The third-order valence-corrected chi connectivity index (χ3v) is 3.40. The van der Waals surface area contributed by atoms with Gasteiger partial charge in [-0.05, 0) is 43.2 Å². The third kappa shape index (κ3) is 5.92. The maximum absolute atomic E-state index is 11.1. The van der Waals surface area contributed by atoms with Gasteiger partial charge in [-0.25, -0.2) is 14.4 Å². The number of benzene rings is 2. The molecule has 4 N–H and O–H groups in total. The lowest BCUT2D eigenvalue weighted by Gasteiger charge is -2.03. The van der Waals surface area contributed by atoms with E-state index in [1.165, 1.54) is 14.2 Å². The maximum Gasteiger partial charge on any atom is 0.338 e. The van der Waals surface area contributed by atoms with Crippen LogP contribution in [0.4, 0.5) is 11.4 Å². The number of nitrogens with two attached hydrogens (primary N) is 1. The van der Waals surface area contributed by atoms with Gasteiger partial charge in [0.05, 0.1) is 31.9 Å². The summed E-state index contributed by atoms with van der Waals surface area (Å²) >= 11 is 0. The Kier molecular flexibility index (Phi) is 9.13. The zero-order valence-corrected chi connectivity index (χ0v) is 15.1. The van der Waals surface area contributed by atoms with Crippen LogP contribution in [0.2, 0.25) is 0 Å². The molecule has 0 fully saturated rings. The highest BCUT2D eigenvalue weighted by atomic mass is 16.5. The summed E-state index contributed by atoms with van der Waals surface area (Å²) in [4.78, 5) is 25.5. The van der Waals surface area contributed by atoms with Crippen LogP contribution in [0.25, 0.3) is 4.85 Å². The van der Waals surface area contributed by atoms with Crippen molar-refractivity contribution in [3.63, 3.8) is 0 Å². The molecule has 0 aliphatic heterocycles. The normalized spacial score (nSPS) is 8.88. The van der Waals surface area contributed by atoms with E-state index in [1.807, 2.05) is 6.92 Å². The Morgan fingerprint density at radius 3 is 1.77 bits per heavy atom. The van der Waals surface area contributed by atoms with Crippen molar-refractivity contribution in [2.75, 3.05) is 20.0 Å². The molecular weight excluding hydrogens is 336 g/mol. The minimum absolute atomic E-state index is 0. The van der Waals surface area contributed by atoms with Gasteiger partial charge in [0.1, 0.15) is 0 Å². The lowest BCUT2D eigenvalue weighted by atomic mass is 10.1. The van der Waals surface area contributed by atoms with Crippen molar-refractivity contribution >= 4 is 23.3 Å². The van der Waals surface area contributed by atoms with Crippen LogP contribution < -0.4 is 5.73 Å². The molecule has 2 rings (SSSR count). The molecule has 0 unspecified atom stereocenters. The van der Waals surface area contributed by atoms with Crippen LogP contribution in [-0.2, 0) is 9.47 Å². The number of nitrogen functional groups attached to an aromatic ring is 1. The van der Waals surface area contributed by atoms with E-state index in [0.717, 1.165) is 11.1 Å². The molecule has 0 amide bonds. The molecule has 0 heterocycles. The first-order chi connectivity index (χ1) is 11.8. The average Bonchev–Trinajstić information content (AvgIpc) is 2.60. The molecular formula is C19H22N2O5. The molecule has 0 spiro atoms. The molecule has 0 aromatic heterocycles. The first-order valence-electron chi connectivity index (χ1n) is 7.34. The summed E-state index contributed by atoms with van der Waals surface area (Å²) in [5, 5.41) is 0. The van der Waals surface area contributed by atoms with Crippen LogP contribution in [0, 0.1) is 20.4 Å². The summed E-state index contributed by atoms with van der Waals surface area (Å²) in [6.45, 7) is 10.4. The number of carbonyl (C=O) groups is 2. The van der Waals surface area contributed by atoms with Crippen LogP contribution >= 0.6 is 0 Å². The van der Waals surface area contributed by atoms with Crippen molar-refractivity contribution in [3.05, 3.63) is 70.1 Å². The Bertz CT molecular complexity index is 825. The lowest BCUT2D eigenvalue weighted by molar-refractivity contribution is 0.0591. The molecule has 0 radical (unpaired) electrons. The second kappa shape index (κ2) is 10.5. The number of aryl methyl sites for hydroxylation is 2. The standard InChI is InChI=1S/C10H9NO2.C9H11NO2.H2O/c1-7-6-8(11-2)4-5-9(7)10(12)13-3;1-6-5-7(10)3-4-8(6)9(11)12-2;/h4-6H,1,3H3;3-5H,10H2,1-2H3;1H2. The van der Waals surface area contributed by atoms with Gasteiger partial charge < -0.3 is 20.7 Å². The molecule has 2 aromatic carbocycles. The van der Waals surface area contributed by atoms with Gasteiger partial charge in [0.15, 0.2) is 5.69 Å². The number of hydrogen-bond acceptors (Lipinski definition) is 5. The molecule has 0 atom stereocenters. The van der Waals surface area contributed by atoms with E-state index in [-0.39, 0.29) is 17.4 Å². The van der Waals surface area contributed by atoms with Crippen LogP contribution in [0.1, 0.15) is 31.8 Å². The number of rotatable bonds is 2. The third-order valence-electron chi connectivity index (χ3n) is 3.40. The first kappa shape index (κ1) is 22.6. The van der Waals surface area contributed by atoms with Gasteiger partial charge in [0.25, 0.3) is 0 Å². The van der Waals surface area contributed by atoms with Crippen molar-refractivity contribution in [2.45, 2.75) is 13.8 Å². The Balaban J connectivity index is 0.000000464. The summed E-state index contributed by atoms with van der Waals surface area (Å²) in [7, 11) is 2.70. The molecule has 0 bridgehead atoms. The Morgan fingerprint density at radius 1 is 0.923 bits per heavy atom. The highest BCUT2D eigenvalue weighted by Crippen LogP contribution is 2.18. The van der Waals surface area contributed by atoms with Crippen molar-refractivity contribution in [1.82, 2.24) is 0 Å². The number of esters is 2. The fraction of sp³-hybridized carbons (Fsp3) is 0.211. The number of ether oxygens (including phenoxy) is 2. The topological polar surface area (TPSA) is 114 Å². The summed E-state index contributed by atoms with van der Waals surface area (Å²) in [5.41, 5.74) is 9.37. The molecule has 7 heteroatoms. The maximum atomic E-state index is 11.1. The van der Waals surface area contributed by atoms with Crippen molar-refractivity contribution in [2.24, 2.45) is 0 Å². The summed E-state index contributed by atoms with van der Waals surface area (Å²) in [6.07, 6.45) is 0. The van der Waals surface area contributed by atoms with Crippen LogP contribution in [0.15, 0.2) is 36.4 Å². The van der Waals surface area contributed by atoms with E-state index in [4.69, 9.17) is 12.3 Å². The monoisotopic (exact) mass is 358 g/mol. The van der Waals surface area contributed by atoms with Crippen LogP contribution in [0.3, 0.4) is 0 Å². The SMILES string of the molecule is COC(=O)c1ccc(N)cc1C.O.[C-]#[N+]c1ccc(C(=O)OC)c(C)c1. The average molecular weight is 358 g/mol. The number of anilines is 1. The van der Waals surface area contributed by atoms with Gasteiger partial charge in [-0.15, -0.1) is 0 Å². The van der Waals surface area contributed by atoms with Gasteiger partial charge in [-0.1, -0.05) is 18.2 Å². The van der Waals surface area contributed by atoms with Gasteiger partial charge >= 0.3 is 11.9 Å². The summed E-state index contributed by atoms with van der Waals surface area (Å²) in [5.74, 6) is -0.693. The van der Waals surface area contributed by atoms with Gasteiger partial charge in [-0.3, -0.25) is 0 Å². The smallest absolute Gasteiger partial charge is 0.338 e. The molecule has 7 nitrogen and oxygen atoms in total. The first-order valence-corrected chi connectivity index (χ1v) is 7.34. The van der Waals surface area contributed by atoms with Crippen LogP contribution in [-0.4, -0.2) is 31.6 Å². The zero-order chi connectivity index (χ0) is 19.0. The second-order valence-corrected chi connectivity index (χ2v) is 5.17. The highest BCUT2D eigenvalue weighted by Gasteiger charge is 2.08. The molecule has 2 aromatic rings. The van der Waals surface area contributed by atoms with E-state index in [0.29, 0.717) is 22.5 Å². The second-order valence-electron chi connectivity index (χ2n) is 5.17. The fourth-order valence-corrected chi connectivity index (χ4v) is 2.08. The number of nitrogens with zero attached hydrogens (tertiary/aromatic N) is 1. The number of carbonyl (C=O) groups excluding carboxylic acids is 2. The Labute approximate surface area is 152 Å². The van der Waals surface area contributed by atoms with Crippen molar-refractivity contribution in [1.29, 1.82) is 0 Å². The highest BCUT2D eigenvalue weighted by molar-refractivity contribution is 5.92. The molecule has 0 saturated carbocycles. The predicted molar refractivity (Wildman–Crippen MR) is 99.3 cm³/mol. The Morgan fingerprint density at radius 2 is 1.38 bits per heavy atom. The zero-order valence-electron chi connectivity index (χ0n) is 15.1. The number of hydrogen-bond donors (Lipinski definition) is 1. The van der Waals surface area contributed by atoms with E-state index >= 15 is 0 Å². The van der Waals surface area contributed by atoms with Crippen LogP contribution in [0.5, 0.6) is 0 Å². The predicted octanol–water partition coefficient (Wildman–Crippen LogP) is 2.87. The quantitative estimate of drug-likeness (QED) is 0.503. The summed E-state index contributed by atoms with van der Waals surface area (Å²) in [6, 6.07) is 9.96. The summed E-state index contributed by atoms with van der Waals surface area (Å²) < 4.78 is 9.15. The molecule has 138 valence electrons. The number of methoxy groups -OCH3 is 2. The minimum atomic E-state index is -0.367. The molecule has 26 heavy (non-hydrogen) atoms. The van der Waals surface area contributed by atoms with Crippen molar-refractivity contribution < 1.29 is 24.5 Å². The van der Waals surface area contributed by atoms with E-state index in [1.54, 1.807) is 43.3 Å². The van der Waals surface area contributed by atoms with Gasteiger partial charge in [-0.2, -0.15) is 0 Å². The van der Waals surface area contributed by atoms with Crippen molar-refractivity contribution in [3.8, 4) is 0 Å². The van der Waals surface area contributed by atoms with E-state index in [2.05, 4.69) is 14.3 Å².